The SMILES string of the molecule is O=S(=O)(C1CC[CH]CCCC1)C1CC1. The van der Waals surface area contributed by atoms with Gasteiger partial charge in [-0.2, -0.15) is 0 Å². The summed E-state index contributed by atoms with van der Waals surface area (Å²) in [6.45, 7) is 0. The molecule has 0 aromatic rings. The lowest BCUT2D eigenvalue weighted by atomic mass is 10.0. The molecule has 0 aliphatic heterocycles. The maximum Gasteiger partial charge on any atom is 0.156 e. The molecule has 2 saturated carbocycles. The second-order valence-corrected chi connectivity index (χ2v) is 7.07. The van der Waals surface area contributed by atoms with Crippen LogP contribution >= 0.6 is 0 Å². The van der Waals surface area contributed by atoms with Crippen molar-refractivity contribution in [2.75, 3.05) is 0 Å². The first-order chi connectivity index (χ1) is 6.71. The van der Waals surface area contributed by atoms with E-state index in [1.807, 2.05) is 0 Å². The van der Waals surface area contributed by atoms with Crippen LogP contribution in [0.15, 0.2) is 0 Å². The lowest BCUT2D eigenvalue weighted by molar-refractivity contribution is 0.525. The highest BCUT2D eigenvalue weighted by atomic mass is 32.2. The fourth-order valence-corrected chi connectivity index (χ4v) is 4.55. The van der Waals surface area contributed by atoms with Gasteiger partial charge in [-0.15, -0.1) is 0 Å². The second kappa shape index (κ2) is 4.21. The fraction of sp³-hybridized carbons (Fsp3) is 0.909. The number of rotatable bonds is 2. The highest BCUT2D eigenvalue weighted by Crippen LogP contribution is 2.35. The summed E-state index contributed by atoms with van der Waals surface area (Å²) in [7, 11) is -2.75. The van der Waals surface area contributed by atoms with E-state index in [0.717, 1.165) is 38.5 Å². The average molecular weight is 215 g/mol. The lowest BCUT2D eigenvalue weighted by Gasteiger charge is -2.19. The van der Waals surface area contributed by atoms with E-state index in [9.17, 15) is 8.42 Å². The zero-order valence-electron chi connectivity index (χ0n) is 8.61. The van der Waals surface area contributed by atoms with E-state index < -0.39 is 9.84 Å². The van der Waals surface area contributed by atoms with Crippen molar-refractivity contribution in [2.24, 2.45) is 0 Å². The van der Waals surface area contributed by atoms with Crippen molar-refractivity contribution in [1.82, 2.24) is 0 Å². The summed E-state index contributed by atoms with van der Waals surface area (Å²) in [5, 5.41) is 0.0125. The van der Waals surface area contributed by atoms with Crippen molar-refractivity contribution >= 4 is 9.84 Å². The van der Waals surface area contributed by atoms with E-state index in [1.165, 1.54) is 12.8 Å². The van der Waals surface area contributed by atoms with Crippen molar-refractivity contribution in [3.8, 4) is 0 Å². The van der Waals surface area contributed by atoms with Gasteiger partial charge in [-0.25, -0.2) is 8.42 Å². The van der Waals surface area contributed by atoms with Gasteiger partial charge in [-0.1, -0.05) is 19.3 Å². The lowest BCUT2D eigenvalue weighted by Crippen LogP contribution is -2.25. The summed E-state index contributed by atoms with van der Waals surface area (Å²) in [5.74, 6) is 0. The normalized spacial score (nSPS) is 26.9. The van der Waals surface area contributed by atoms with Crippen molar-refractivity contribution in [1.29, 1.82) is 0 Å². The fourth-order valence-electron chi connectivity index (χ4n) is 2.25. The molecule has 0 heterocycles. The Labute approximate surface area is 87.0 Å². The molecule has 0 N–H and O–H groups in total. The molecule has 81 valence electrons. The quantitative estimate of drug-likeness (QED) is 0.709. The average Bonchev–Trinajstić information content (AvgIpc) is 2.83. The predicted molar refractivity (Wildman–Crippen MR) is 57.7 cm³/mol. The molecule has 2 aliphatic carbocycles. The number of hydrogen-bond donors (Lipinski definition) is 0. The Kier molecular flexibility index (Phi) is 3.15. The van der Waals surface area contributed by atoms with Gasteiger partial charge in [0.1, 0.15) is 0 Å². The van der Waals surface area contributed by atoms with Crippen LogP contribution in [0, 0.1) is 6.42 Å². The molecular formula is C11H19O2S. The Hall–Kier alpha value is -0.0500. The molecule has 1 unspecified atom stereocenters. The first-order valence-corrected chi connectivity index (χ1v) is 7.36. The van der Waals surface area contributed by atoms with Gasteiger partial charge in [0.2, 0.25) is 0 Å². The molecule has 3 heteroatoms. The van der Waals surface area contributed by atoms with E-state index in [0.29, 0.717) is 0 Å². The standard InChI is InChI=1S/C11H19O2S/c12-14(13,11-8-9-11)10-6-4-2-1-3-5-7-10/h2,10-11H,1,3-9H2. The monoisotopic (exact) mass is 215 g/mol. The highest BCUT2D eigenvalue weighted by molar-refractivity contribution is 7.92. The van der Waals surface area contributed by atoms with E-state index in [1.54, 1.807) is 0 Å². The van der Waals surface area contributed by atoms with E-state index in [2.05, 4.69) is 6.42 Å². The molecule has 0 aromatic carbocycles. The van der Waals surface area contributed by atoms with Gasteiger partial charge in [0.15, 0.2) is 9.84 Å². The third-order valence-electron chi connectivity index (χ3n) is 3.33. The molecule has 1 atom stereocenters. The minimum atomic E-state index is -2.75. The Bertz CT molecular complexity index is 270. The number of hydrogen-bond acceptors (Lipinski definition) is 2. The maximum absolute atomic E-state index is 12.0. The van der Waals surface area contributed by atoms with E-state index in [4.69, 9.17) is 0 Å². The van der Waals surface area contributed by atoms with Gasteiger partial charge in [-0.05, 0) is 38.5 Å². The van der Waals surface area contributed by atoms with Gasteiger partial charge in [0, 0.05) is 0 Å². The Morgan fingerprint density at radius 3 is 2.29 bits per heavy atom. The van der Waals surface area contributed by atoms with Crippen LogP contribution < -0.4 is 0 Å². The second-order valence-electron chi connectivity index (χ2n) is 4.56. The number of sulfone groups is 1. The van der Waals surface area contributed by atoms with Gasteiger partial charge >= 0.3 is 0 Å². The molecule has 1 radical (unpaired) electrons. The van der Waals surface area contributed by atoms with Crippen LogP contribution in [0.3, 0.4) is 0 Å². The van der Waals surface area contributed by atoms with Crippen LogP contribution in [-0.2, 0) is 9.84 Å². The largest absolute Gasteiger partial charge is 0.228 e. The third-order valence-corrected chi connectivity index (χ3v) is 6.13. The molecule has 14 heavy (non-hydrogen) atoms. The molecule has 0 amide bonds. The van der Waals surface area contributed by atoms with Crippen LogP contribution in [0.2, 0.25) is 0 Å². The molecule has 0 saturated heterocycles. The predicted octanol–water partition coefficient (Wildman–Crippen LogP) is 2.49. The Morgan fingerprint density at radius 1 is 0.857 bits per heavy atom. The van der Waals surface area contributed by atoms with Crippen molar-refractivity contribution in [2.45, 2.75) is 61.9 Å². The summed E-state index contributed by atoms with van der Waals surface area (Å²) in [6.07, 6.45) is 10.3. The minimum Gasteiger partial charge on any atom is -0.228 e. The molecule has 2 aliphatic rings. The summed E-state index contributed by atoms with van der Waals surface area (Å²) in [6, 6.07) is 0. The van der Waals surface area contributed by atoms with Crippen LogP contribution in [0.1, 0.15) is 51.4 Å². The van der Waals surface area contributed by atoms with E-state index >= 15 is 0 Å². The molecule has 2 nitrogen and oxygen atoms in total. The molecule has 2 rings (SSSR count). The van der Waals surface area contributed by atoms with Gasteiger partial charge in [0.05, 0.1) is 10.5 Å². The summed E-state index contributed by atoms with van der Waals surface area (Å²) in [5.41, 5.74) is 0. The first-order valence-electron chi connectivity index (χ1n) is 5.75. The Balaban J connectivity index is 1.99. The molecule has 2 fully saturated rings. The van der Waals surface area contributed by atoms with Crippen LogP contribution in [0.25, 0.3) is 0 Å². The Morgan fingerprint density at radius 2 is 1.57 bits per heavy atom. The molecule has 0 bridgehead atoms. The van der Waals surface area contributed by atoms with Crippen molar-refractivity contribution < 1.29 is 8.42 Å². The smallest absolute Gasteiger partial charge is 0.156 e. The van der Waals surface area contributed by atoms with Crippen molar-refractivity contribution in [3.05, 3.63) is 6.42 Å². The molecular weight excluding hydrogens is 196 g/mol. The molecule has 0 spiro atoms. The van der Waals surface area contributed by atoms with E-state index in [-0.39, 0.29) is 10.5 Å². The van der Waals surface area contributed by atoms with Crippen LogP contribution in [-0.4, -0.2) is 18.9 Å². The van der Waals surface area contributed by atoms with Crippen molar-refractivity contribution in [3.63, 3.8) is 0 Å². The maximum atomic E-state index is 12.0. The topological polar surface area (TPSA) is 34.1 Å². The van der Waals surface area contributed by atoms with Gasteiger partial charge in [0.25, 0.3) is 0 Å². The highest BCUT2D eigenvalue weighted by Gasteiger charge is 2.40. The third kappa shape index (κ3) is 2.30. The van der Waals surface area contributed by atoms with Crippen LogP contribution in [0.5, 0.6) is 0 Å². The first kappa shape index (κ1) is 10.5. The minimum absolute atomic E-state index is 0.0217. The summed E-state index contributed by atoms with van der Waals surface area (Å²) >= 11 is 0. The zero-order chi connectivity index (χ0) is 10.0. The van der Waals surface area contributed by atoms with Crippen LogP contribution in [0.4, 0.5) is 0 Å². The summed E-state index contributed by atoms with van der Waals surface area (Å²) < 4.78 is 24.0. The molecule has 0 aromatic heterocycles. The zero-order valence-corrected chi connectivity index (χ0v) is 9.43. The summed E-state index contributed by atoms with van der Waals surface area (Å²) in [4.78, 5) is 0. The van der Waals surface area contributed by atoms with Gasteiger partial charge < -0.3 is 0 Å². The van der Waals surface area contributed by atoms with Gasteiger partial charge in [-0.3, -0.25) is 0 Å².